The Labute approximate surface area is 80.0 Å². The summed E-state index contributed by atoms with van der Waals surface area (Å²) in [6, 6.07) is 0. The molecule has 0 aromatic carbocycles. The largest absolute Gasteiger partial charge is 0.378 e. The standard InChI is InChI=1S/C9H20N2O2/c1-8(2)9(12)11-5-7-13-6-4-10-3/h8,10H,4-7H2,1-3H3,(H,11,12). The Morgan fingerprint density at radius 3 is 2.46 bits per heavy atom. The first kappa shape index (κ1) is 12.4. The third kappa shape index (κ3) is 7.74. The predicted molar refractivity (Wildman–Crippen MR) is 52.6 cm³/mol. The van der Waals surface area contributed by atoms with E-state index in [1.807, 2.05) is 20.9 Å². The van der Waals surface area contributed by atoms with Crippen LogP contribution in [-0.2, 0) is 9.53 Å². The quantitative estimate of drug-likeness (QED) is 0.553. The van der Waals surface area contributed by atoms with E-state index in [1.165, 1.54) is 0 Å². The highest BCUT2D eigenvalue weighted by Gasteiger charge is 2.04. The Balaban J connectivity index is 3.12. The molecule has 1 amide bonds. The first-order valence-corrected chi connectivity index (χ1v) is 4.68. The second-order valence-electron chi connectivity index (χ2n) is 3.16. The van der Waals surface area contributed by atoms with Crippen LogP contribution in [0.4, 0.5) is 0 Å². The van der Waals surface area contributed by atoms with Gasteiger partial charge in [-0.3, -0.25) is 4.79 Å². The van der Waals surface area contributed by atoms with E-state index in [9.17, 15) is 4.79 Å². The number of ether oxygens (including phenoxy) is 1. The topological polar surface area (TPSA) is 50.4 Å². The maximum absolute atomic E-state index is 11.1. The number of rotatable bonds is 7. The van der Waals surface area contributed by atoms with Gasteiger partial charge in [0, 0.05) is 19.0 Å². The Bertz CT molecular complexity index is 138. The average molecular weight is 188 g/mol. The highest BCUT2D eigenvalue weighted by molar-refractivity contribution is 5.77. The lowest BCUT2D eigenvalue weighted by Crippen LogP contribution is -2.31. The molecule has 0 aromatic rings. The summed E-state index contributed by atoms with van der Waals surface area (Å²) in [5, 5.41) is 5.75. The molecule has 0 saturated heterocycles. The molecule has 0 unspecified atom stereocenters. The summed E-state index contributed by atoms with van der Waals surface area (Å²) < 4.78 is 5.23. The summed E-state index contributed by atoms with van der Waals surface area (Å²) in [5.74, 6) is 0.134. The highest BCUT2D eigenvalue weighted by atomic mass is 16.5. The van der Waals surface area contributed by atoms with Crippen molar-refractivity contribution in [2.24, 2.45) is 5.92 Å². The van der Waals surface area contributed by atoms with Gasteiger partial charge in [-0.25, -0.2) is 0 Å². The SMILES string of the molecule is CNCCOCCNC(=O)C(C)C. The van der Waals surface area contributed by atoms with Crippen molar-refractivity contribution in [1.82, 2.24) is 10.6 Å². The van der Waals surface area contributed by atoms with Crippen LogP contribution in [0, 0.1) is 5.92 Å². The Kier molecular flexibility index (Phi) is 7.63. The molecule has 2 N–H and O–H groups in total. The van der Waals surface area contributed by atoms with Crippen molar-refractivity contribution in [3.05, 3.63) is 0 Å². The molecular weight excluding hydrogens is 168 g/mol. The lowest BCUT2D eigenvalue weighted by molar-refractivity contribution is -0.124. The molecule has 0 aliphatic rings. The third-order valence-electron chi connectivity index (χ3n) is 1.57. The van der Waals surface area contributed by atoms with Gasteiger partial charge in [0.2, 0.25) is 5.91 Å². The fraction of sp³-hybridized carbons (Fsp3) is 0.889. The molecular formula is C9H20N2O2. The van der Waals surface area contributed by atoms with E-state index in [0.29, 0.717) is 19.8 Å². The number of nitrogens with one attached hydrogen (secondary N) is 2. The molecule has 4 nitrogen and oxygen atoms in total. The van der Waals surface area contributed by atoms with Crippen molar-refractivity contribution in [3.63, 3.8) is 0 Å². The molecule has 0 bridgehead atoms. The summed E-state index contributed by atoms with van der Waals surface area (Å²) >= 11 is 0. The van der Waals surface area contributed by atoms with Gasteiger partial charge in [0.15, 0.2) is 0 Å². The van der Waals surface area contributed by atoms with E-state index in [1.54, 1.807) is 0 Å². The number of likely N-dealkylation sites (N-methyl/N-ethyl adjacent to an activating group) is 1. The number of amides is 1. The van der Waals surface area contributed by atoms with Gasteiger partial charge < -0.3 is 15.4 Å². The average Bonchev–Trinajstić information content (AvgIpc) is 2.10. The van der Waals surface area contributed by atoms with Crippen LogP contribution in [0.3, 0.4) is 0 Å². The number of carbonyl (C=O) groups is 1. The smallest absolute Gasteiger partial charge is 0.222 e. The van der Waals surface area contributed by atoms with Crippen molar-refractivity contribution in [2.75, 3.05) is 33.4 Å². The Morgan fingerprint density at radius 2 is 1.92 bits per heavy atom. The van der Waals surface area contributed by atoms with Gasteiger partial charge in [0.25, 0.3) is 0 Å². The van der Waals surface area contributed by atoms with Crippen molar-refractivity contribution in [2.45, 2.75) is 13.8 Å². The summed E-state index contributed by atoms with van der Waals surface area (Å²) in [4.78, 5) is 11.1. The molecule has 0 atom stereocenters. The lowest BCUT2D eigenvalue weighted by atomic mass is 10.2. The third-order valence-corrected chi connectivity index (χ3v) is 1.57. The second-order valence-corrected chi connectivity index (χ2v) is 3.16. The zero-order chi connectivity index (χ0) is 10.1. The van der Waals surface area contributed by atoms with Crippen LogP contribution in [0.5, 0.6) is 0 Å². The van der Waals surface area contributed by atoms with Crippen LogP contribution in [-0.4, -0.2) is 39.3 Å². The minimum absolute atomic E-state index is 0.0531. The van der Waals surface area contributed by atoms with Crippen molar-refractivity contribution < 1.29 is 9.53 Å². The van der Waals surface area contributed by atoms with Gasteiger partial charge in [0.1, 0.15) is 0 Å². The molecule has 0 spiro atoms. The molecule has 0 radical (unpaired) electrons. The minimum atomic E-state index is 0.0531. The molecule has 0 aromatic heterocycles. The summed E-state index contributed by atoms with van der Waals surface area (Å²) in [6.45, 7) is 6.46. The minimum Gasteiger partial charge on any atom is -0.378 e. The van der Waals surface area contributed by atoms with Crippen molar-refractivity contribution >= 4 is 5.91 Å². The van der Waals surface area contributed by atoms with Gasteiger partial charge in [-0.2, -0.15) is 0 Å². The van der Waals surface area contributed by atoms with Gasteiger partial charge in [-0.1, -0.05) is 13.8 Å². The molecule has 0 saturated carbocycles. The molecule has 4 heteroatoms. The summed E-state index contributed by atoms with van der Waals surface area (Å²) in [5.41, 5.74) is 0. The molecule has 0 fully saturated rings. The van der Waals surface area contributed by atoms with Crippen LogP contribution in [0.1, 0.15) is 13.8 Å². The van der Waals surface area contributed by atoms with E-state index < -0.39 is 0 Å². The number of hydrogen-bond acceptors (Lipinski definition) is 3. The van der Waals surface area contributed by atoms with Crippen molar-refractivity contribution in [3.8, 4) is 0 Å². The summed E-state index contributed by atoms with van der Waals surface area (Å²) in [6.07, 6.45) is 0. The molecule has 13 heavy (non-hydrogen) atoms. The zero-order valence-corrected chi connectivity index (χ0v) is 8.72. The van der Waals surface area contributed by atoms with Gasteiger partial charge in [0.05, 0.1) is 13.2 Å². The van der Waals surface area contributed by atoms with Crippen molar-refractivity contribution in [1.29, 1.82) is 0 Å². The Hall–Kier alpha value is -0.610. The van der Waals surface area contributed by atoms with E-state index in [2.05, 4.69) is 10.6 Å². The second kappa shape index (κ2) is 8.01. The number of hydrogen-bond donors (Lipinski definition) is 2. The first-order valence-electron chi connectivity index (χ1n) is 4.68. The van der Waals surface area contributed by atoms with E-state index in [0.717, 1.165) is 6.54 Å². The van der Waals surface area contributed by atoms with Crippen LogP contribution in [0.25, 0.3) is 0 Å². The maximum Gasteiger partial charge on any atom is 0.222 e. The monoisotopic (exact) mass is 188 g/mol. The first-order chi connectivity index (χ1) is 6.18. The van der Waals surface area contributed by atoms with Crippen LogP contribution in [0.15, 0.2) is 0 Å². The van der Waals surface area contributed by atoms with Gasteiger partial charge >= 0.3 is 0 Å². The van der Waals surface area contributed by atoms with E-state index >= 15 is 0 Å². The molecule has 0 rings (SSSR count). The molecule has 0 aliphatic carbocycles. The molecule has 0 aliphatic heterocycles. The fourth-order valence-electron chi connectivity index (χ4n) is 0.727. The summed E-state index contributed by atoms with van der Waals surface area (Å²) in [7, 11) is 1.88. The zero-order valence-electron chi connectivity index (χ0n) is 8.72. The Morgan fingerprint density at radius 1 is 1.31 bits per heavy atom. The molecule has 0 heterocycles. The van der Waals surface area contributed by atoms with Crippen LogP contribution >= 0.6 is 0 Å². The lowest BCUT2D eigenvalue weighted by Gasteiger charge is -2.07. The fourth-order valence-corrected chi connectivity index (χ4v) is 0.727. The van der Waals surface area contributed by atoms with Gasteiger partial charge in [-0.15, -0.1) is 0 Å². The normalized spacial score (nSPS) is 10.5. The number of carbonyl (C=O) groups excluding carboxylic acids is 1. The van der Waals surface area contributed by atoms with E-state index in [-0.39, 0.29) is 11.8 Å². The van der Waals surface area contributed by atoms with E-state index in [4.69, 9.17) is 4.74 Å². The predicted octanol–water partition coefficient (Wildman–Crippen LogP) is -0.00540. The van der Waals surface area contributed by atoms with Gasteiger partial charge in [-0.05, 0) is 7.05 Å². The highest BCUT2D eigenvalue weighted by Crippen LogP contribution is 1.89. The molecule has 78 valence electrons. The van der Waals surface area contributed by atoms with Crippen LogP contribution < -0.4 is 10.6 Å². The maximum atomic E-state index is 11.1. The van der Waals surface area contributed by atoms with Crippen LogP contribution in [0.2, 0.25) is 0 Å².